The van der Waals surface area contributed by atoms with Crippen molar-refractivity contribution in [1.82, 2.24) is 5.32 Å². The second-order valence-electron chi connectivity index (χ2n) is 14.5. The van der Waals surface area contributed by atoms with Crippen molar-refractivity contribution in [3.05, 3.63) is 116 Å². The average molecular weight is 995 g/mol. The quantitative estimate of drug-likeness (QED) is 0.0237. The highest BCUT2D eigenvalue weighted by atomic mass is 35.5. The Morgan fingerprint density at radius 2 is 1.60 bits per heavy atom. The largest absolute Gasteiger partial charge is 0.463 e. The lowest BCUT2D eigenvalue weighted by atomic mass is 10.1. The molecule has 13 nitrogen and oxygen atoms in total. The Bertz CT molecular complexity index is 2720. The molecule has 1 aromatic heterocycles. The van der Waals surface area contributed by atoms with Gasteiger partial charge >= 0.3 is 5.97 Å². The van der Waals surface area contributed by atoms with Crippen LogP contribution in [0.5, 0.6) is 0 Å². The van der Waals surface area contributed by atoms with Crippen LogP contribution in [0.1, 0.15) is 48.0 Å². The van der Waals surface area contributed by atoms with Gasteiger partial charge in [-0.15, -0.1) is 0 Å². The van der Waals surface area contributed by atoms with E-state index in [0.717, 1.165) is 30.8 Å². The van der Waals surface area contributed by atoms with E-state index in [4.69, 9.17) is 39.5 Å². The average Bonchev–Trinajstić information content (AvgIpc) is 3.75. The molecule has 63 heavy (non-hydrogen) atoms. The summed E-state index contributed by atoms with van der Waals surface area (Å²) in [6.45, 7) is 2.69. The van der Waals surface area contributed by atoms with E-state index < -0.39 is 37.7 Å². The Morgan fingerprint density at radius 1 is 0.905 bits per heavy atom. The maximum atomic E-state index is 13.2. The summed E-state index contributed by atoms with van der Waals surface area (Å²) < 4.78 is 66.3. The number of carbonyl (C=O) groups is 3. The monoisotopic (exact) mass is 993 g/mol. The van der Waals surface area contributed by atoms with Gasteiger partial charge in [-0.2, -0.15) is 13.0 Å². The summed E-state index contributed by atoms with van der Waals surface area (Å²) in [6, 6.07) is 22.6. The molecule has 2 N–H and O–H groups in total. The second-order valence-corrected chi connectivity index (χ2v) is 21.6. The van der Waals surface area contributed by atoms with Gasteiger partial charge in [0.15, 0.2) is 16.4 Å². The van der Waals surface area contributed by atoms with E-state index in [1.54, 1.807) is 65.3 Å². The minimum Gasteiger partial charge on any atom is -0.463 e. The first-order valence-corrected chi connectivity index (χ1v) is 25.8. The normalized spacial score (nSPS) is 13.9. The van der Waals surface area contributed by atoms with Crippen molar-refractivity contribution >= 4 is 124 Å². The van der Waals surface area contributed by atoms with E-state index in [1.807, 2.05) is 34.9 Å². The van der Waals surface area contributed by atoms with E-state index in [-0.39, 0.29) is 42.5 Å². The first-order chi connectivity index (χ1) is 30.0. The molecule has 2 heterocycles. The van der Waals surface area contributed by atoms with Crippen LogP contribution in [0, 0.1) is 0 Å². The van der Waals surface area contributed by atoms with Crippen LogP contribution in [0.3, 0.4) is 0 Å². The number of aryl methyl sites for hydroxylation is 1. The number of sulfone groups is 1. The van der Waals surface area contributed by atoms with Gasteiger partial charge in [-0.25, -0.2) is 13.2 Å². The SMILES string of the molecule is CC(C(=O)OCCS(=O)(=O)c1ccc(Cl)cc1)N(CCC(=O)NCCCCN1C(=Cc2sc3ccc(Cl)cc3[n+]2CCCS(=O)(=O)O)Sc2ccc(Cl)cc21)c1ccc(C=O)cc1. The number of nitrogens with zero attached hydrogens (tertiary/aromatic N) is 3. The number of hydrogen-bond donors (Lipinski definition) is 2. The van der Waals surface area contributed by atoms with Crippen LogP contribution in [-0.4, -0.2) is 83.3 Å². The summed E-state index contributed by atoms with van der Waals surface area (Å²) in [5.74, 6) is -1.72. The van der Waals surface area contributed by atoms with Crippen molar-refractivity contribution in [3.8, 4) is 0 Å². The zero-order valence-electron chi connectivity index (χ0n) is 33.9. The van der Waals surface area contributed by atoms with Gasteiger partial charge < -0.3 is 19.9 Å². The molecule has 0 bridgehead atoms. The number of halogens is 3. The van der Waals surface area contributed by atoms with E-state index in [1.165, 1.54) is 24.3 Å². The van der Waals surface area contributed by atoms with Crippen LogP contribution in [0.2, 0.25) is 15.1 Å². The van der Waals surface area contributed by atoms with Crippen molar-refractivity contribution in [2.75, 3.05) is 47.5 Å². The summed E-state index contributed by atoms with van der Waals surface area (Å²) >= 11 is 21.8. The third-order valence-electron chi connectivity index (χ3n) is 10.1. The molecule has 6 rings (SSSR count). The molecule has 0 saturated carbocycles. The number of amides is 1. The van der Waals surface area contributed by atoms with Crippen LogP contribution in [0.25, 0.3) is 16.3 Å². The van der Waals surface area contributed by atoms with E-state index in [0.29, 0.717) is 65.1 Å². The number of thioether (sulfide) groups is 1. The van der Waals surface area contributed by atoms with Crippen LogP contribution >= 0.6 is 57.9 Å². The molecule has 0 radical (unpaired) electrons. The van der Waals surface area contributed by atoms with Gasteiger partial charge in [0.05, 0.1) is 33.2 Å². The first kappa shape index (κ1) is 48.3. The standard InChI is InChI=1S/C43H43Cl3N4O9S4/c1-29(43(53)59-22-24-62(54,55)35-13-7-31(44)8-14-35)48(34-11-5-30(28-51)6-12-34)21-17-40(52)47-18-2-3-19-49-36-25-32(45)9-15-38(36)60-41(49)27-42-50(20-4-23-63(56,57)58)37-26-33(46)10-16-39(37)61-42/h5-16,25-29H,2-4,17-24H2,1H3,(H-,47,52,56,57,58)/p+1. The fourth-order valence-electron chi connectivity index (χ4n) is 6.82. The maximum absolute atomic E-state index is 13.2. The molecule has 1 aliphatic heterocycles. The summed E-state index contributed by atoms with van der Waals surface area (Å²) in [4.78, 5) is 42.6. The third-order valence-corrected chi connectivity index (χ3v) is 15.5. The number of aldehydes is 1. The van der Waals surface area contributed by atoms with Gasteiger partial charge in [0, 0.05) is 69.8 Å². The highest BCUT2D eigenvalue weighted by Gasteiger charge is 2.29. The topological polar surface area (TPSA) is 171 Å². The smallest absolute Gasteiger partial charge is 0.328 e. The molecule has 1 amide bonds. The summed E-state index contributed by atoms with van der Waals surface area (Å²) in [5.41, 5.74) is 2.81. The first-order valence-electron chi connectivity index (χ1n) is 19.8. The lowest BCUT2D eigenvalue weighted by molar-refractivity contribution is -0.668. The van der Waals surface area contributed by atoms with Gasteiger partial charge in [0.1, 0.15) is 23.6 Å². The number of unbranched alkanes of at least 4 members (excludes halogenated alkanes) is 1. The van der Waals surface area contributed by atoms with Gasteiger partial charge in [-0.05, 0) is 98.6 Å². The Hall–Kier alpha value is -4.20. The van der Waals surface area contributed by atoms with Crippen LogP contribution in [-0.2, 0) is 40.8 Å². The van der Waals surface area contributed by atoms with E-state index >= 15 is 0 Å². The number of esters is 1. The summed E-state index contributed by atoms with van der Waals surface area (Å²) in [5, 5.41) is 6.31. The van der Waals surface area contributed by atoms with E-state index in [9.17, 15) is 35.8 Å². The maximum Gasteiger partial charge on any atom is 0.328 e. The Morgan fingerprint density at radius 3 is 2.32 bits per heavy atom. The van der Waals surface area contributed by atoms with Crippen LogP contribution < -0.4 is 19.7 Å². The molecule has 1 unspecified atom stereocenters. The minimum absolute atomic E-state index is 0.0319. The summed E-state index contributed by atoms with van der Waals surface area (Å²) in [7, 11) is -7.87. The molecular formula is C43H44Cl3N4O9S4+. The molecule has 0 spiro atoms. The predicted molar refractivity (Wildman–Crippen MR) is 251 cm³/mol. The zero-order chi connectivity index (χ0) is 45.3. The van der Waals surface area contributed by atoms with Gasteiger partial charge in [-0.3, -0.25) is 14.1 Å². The fourth-order valence-corrected chi connectivity index (χ4v) is 11.1. The number of thiazole rings is 1. The zero-order valence-corrected chi connectivity index (χ0v) is 39.4. The number of nitrogens with one attached hydrogen (secondary N) is 1. The Labute approximate surface area is 389 Å². The molecule has 0 aliphatic carbocycles. The number of hydrogen-bond acceptors (Lipinski definition) is 12. The Balaban J connectivity index is 1.06. The number of fused-ring (bicyclic) bond motifs is 2. The Kier molecular flexibility index (Phi) is 16.6. The molecule has 1 atom stereocenters. The van der Waals surface area contributed by atoms with Gasteiger partial charge in [0.25, 0.3) is 15.1 Å². The molecule has 334 valence electrons. The lowest BCUT2D eigenvalue weighted by Gasteiger charge is -2.30. The van der Waals surface area contributed by atoms with Gasteiger partial charge in [-0.1, -0.05) is 57.9 Å². The van der Waals surface area contributed by atoms with Gasteiger partial charge in [0.2, 0.25) is 11.4 Å². The minimum atomic E-state index is -4.14. The van der Waals surface area contributed by atoms with Crippen molar-refractivity contribution in [2.24, 2.45) is 0 Å². The lowest BCUT2D eigenvalue weighted by Crippen LogP contribution is -2.42. The number of rotatable bonds is 21. The molecule has 4 aromatic carbocycles. The fraction of sp³-hybridized carbons (Fsp3) is 0.302. The molecule has 1 aliphatic rings. The summed E-state index contributed by atoms with van der Waals surface area (Å²) in [6.07, 6.45) is 4.34. The molecule has 20 heteroatoms. The number of benzene rings is 4. The molecule has 5 aromatic rings. The third kappa shape index (κ3) is 13.2. The van der Waals surface area contributed by atoms with Crippen LogP contribution in [0.15, 0.2) is 99.7 Å². The van der Waals surface area contributed by atoms with Crippen molar-refractivity contribution in [3.63, 3.8) is 0 Å². The highest BCUT2D eigenvalue weighted by molar-refractivity contribution is 8.04. The van der Waals surface area contributed by atoms with E-state index in [2.05, 4.69) is 16.3 Å². The van der Waals surface area contributed by atoms with Crippen molar-refractivity contribution in [1.29, 1.82) is 0 Å². The second kappa shape index (κ2) is 21.7. The number of aromatic nitrogens is 1. The highest BCUT2D eigenvalue weighted by Crippen LogP contribution is 2.48. The number of carbonyl (C=O) groups excluding carboxylic acids is 3. The molecule has 0 saturated heterocycles. The molecular weight excluding hydrogens is 951 g/mol. The van der Waals surface area contributed by atoms with Crippen molar-refractivity contribution in [2.45, 2.75) is 55.0 Å². The predicted octanol–water partition coefficient (Wildman–Crippen LogP) is 8.35. The van der Waals surface area contributed by atoms with Crippen LogP contribution in [0.4, 0.5) is 11.4 Å². The molecule has 0 fully saturated rings. The van der Waals surface area contributed by atoms with Crippen molar-refractivity contribution < 1.29 is 45.1 Å². The number of ether oxygens (including phenoxy) is 1. The number of anilines is 2.